The summed E-state index contributed by atoms with van der Waals surface area (Å²) in [5, 5.41) is 6.45. The second kappa shape index (κ2) is 9.81. The molecule has 0 aromatic heterocycles. The van der Waals surface area contributed by atoms with Gasteiger partial charge in [0, 0.05) is 39.3 Å². The van der Waals surface area contributed by atoms with Crippen molar-refractivity contribution in [2.24, 2.45) is 10.9 Å². The van der Waals surface area contributed by atoms with Crippen LogP contribution in [0.15, 0.2) is 17.6 Å². The Balaban J connectivity index is 2.30. The maximum Gasteiger partial charge on any atom is 0.191 e. The van der Waals surface area contributed by atoms with Crippen molar-refractivity contribution < 1.29 is 4.74 Å². The SMILES string of the molecule is C=CCNC(=NCC(C)CN1CCOCC1)NCC. The minimum Gasteiger partial charge on any atom is -0.379 e. The molecule has 1 aliphatic heterocycles. The summed E-state index contributed by atoms with van der Waals surface area (Å²) in [6.07, 6.45) is 1.84. The molecular formula is C14H28N4O. The van der Waals surface area contributed by atoms with E-state index in [9.17, 15) is 0 Å². The first-order chi connectivity index (χ1) is 9.26. The fraction of sp³-hybridized carbons (Fsp3) is 0.786. The van der Waals surface area contributed by atoms with Crippen LogP contribution in [-0.2, 0) is 4.74 Å². The van der Waals surface area contributed by atoms with Crippen molar-refractivity contribution >= 4 is 5.96 Å². The van der Waals surface area contributed by atoms with Gasteiger partial charge in [-0.05, 0) is 12.8 Å². The predicted octanol–water partition coefficient (Wildman–Crippen LogP) is 0.696. The van der Waals surface area contributed by atoms with Crippen LogP contribution in [0.5, 0.6) is 0 Å². The van der Waals surface area contributed by atoms with Crippen LogP contribution >= 0.6 is 0 Å². The largest absolute Gasteiger partial charge is 0.379 e. The molecule has 0 radical (unpaired) electrons. The lowest BCUT2D eigenvalue weighted by molar-refractivity contribution is 0.0323. The first-order valence-corrected chi connectivity index (χ1v) is 7.19. The van der Waals surface area contributed by atoms with Crippen molar-refractivity contribution in [2.75, 3.05) is 52.5 Å². The molecule has 1 rings (SSSR count). The third-order valence-electron chi connectivity index (χ3n) is 2.99. The summed E-state index contributed by atoms with van der Waals surface area (Å²) >= 11 is 0. The fourth-order valence-corrected chi connectivity index (χ4v) is 2.04. The number of nitrogens with zero attached hydrogens (tertiary/aromatic N) is 2. The zero-order valence-corrected chi connectivity index (χ0v) is 12.3. The first kappa shape index (κ1) is 16.0. The molecule has 0 bridgehead atoms. The van der Waals surface area contributed by atoms with Gasteiger partial charge in [0.15, 0.2) is 5.96 Å². The minimum absolute atomic E-state index is 0.553. The third-order valence-corrected chi connectivity index (χ3v) is 2.99. The molecular weight excluding hydrogens is 240 g/mol. The molecule has 1 unspecified atom stereocenters. The van der Waals surface area contributed by atoms with E-state index >= 15 is 0 Å². The summed E-state index contributed by atoms with van der Waals surface area (Å²) in [6.45, 7) is 15.4. The summed E-state index contributed by atoms with van der Waals surface area (Å²) < 4.78 is 5.36. The molecule has 1 heterocycles. The van der Waals surface area contributed by atoms with Crippen LogP contribution < -0.4 is 10.6 Å². The lowest BCUT2D eigenvalue weighted by atomic mass is 10.1. The molecule has 5 heteroatoms. The molecule has 2 N–H and O–H groups in total. The van der Waals surface area contributed by atoms with E-state index < -0.39 is 0 Å². The fourth-order valence-electron chi connectivity index (χ4n) is 2.04. The van der Waals surface area contributed by atoms with E-state index in [0.29, 0.717) is 5.92 Å². The average Bonchev–Trinajstić information content (AvgIpc) is 2.43. The lowest BCUT2D eigenvalue weighted by Crippen LogP contribution is -2.40. The zero-order chi connectivity index (χ0) is 13.9. The van der Waals surface area contributed by atoms with Gasteiger partial charge < -0.3 is 15.4 Å². The highest BCUT2D eigenvalue weighted by Crippen LogP contribution is 2.03. The van der Waals surface area contributed by atoms with Gasteiger partial charge >= 0.3 is 0 Å². The monoisotopic (exact) mass is 268 g/mol. The van der Waals surface area contributed by atoms with Gasteiger partial charge in [-0.3, -0.25) is 9.89 Å². The minimum atomic E-state index is 0.553. The van der Waals surface area contributed by atoms with Crippen LogP contribution in [0, 0.1) is 5.92 Å². The second-order valence-electron chi connectivity index (χ2n) is 4.91. The molecule has 19 heavy (non-hydrogen) atoms. The van der Waals surface area contributed by atoms with Crippen molar-refractivity contribution in [3.05, 3.63) is 12.7 Å². The Labute approximate surface area is 117 Å². The molecule has 0 aliphatic carbocycles. The highest BCUT2D eigenvalue weighted by Gasteiger charge is 2.13. The summed E-state index contributed by atoms with van der Waals surface area (Å²) in [4.78, 5) is 7.06. The highest BCUT2D eigenvalue weighted by molar-refractivity contribution is 5.79. The zero-order valence-electron chi connectivity index (χ0n) is 12.3. The van der Waals surface area contributed by atoms with Gasteiger partial charge in [-0.15, -0.1) is 6.58 Å². The van der Waals surface area contributed by atoms with Crippen LogP contribution in [0.2, 0.25) is 0 Å². The van der Waals surface area contributed by atoms with Crippen LogP contribution in [-0.4, -0.2) is 63.3 Å². The summed E-state index contributed by atoms with van der Waals surface area (Å²) in [5.74, 6) is 1.42. The van der Waals surface area contributed by atoms with E-state index in [1.165, 1.54) is 0 Å². The Morgan fingerprint density at radius 2 is 2.16 bits per heavy atom. The molecule has 0 amide bonds. The lowest BCUT2D eigenvalue weighted by Gasteiger charge is -2.28. The van der Waals surface area contributed by atoms with Gasteiger partial charge in [0.1, 0.15) is 0 Å². The normalized spacial score (nSPS) is 18.9. The second-order valence-corrected chi connectivity index (χ2v) is 4.91. The van der Waals surface area contributed by atoms with Crippen molar-refractivity contribution in [1.82, 2.24) is 15.5 Å². The molecule has 1 fully saturated rings. The van der Waals surface area contributed by atoms with Crippen molar-refractivity contribution in [2.45, 2.75) is 13.8 Å². The van der Waals surface area contributed by atoms with E-state index in [0.717, 1.165) is 58.4 Å². The van der Waals surface area contributed by atoms with E-state index in [2.05, 4.69) is 41.0 Å². The Kier molecular flexibility index (Phi) is 8.25. The summed E-state index contributed by atoms with van der Waals surface area (Å²) in [7, 11) is 0. The Bertz CT molecular complexity index is 275. The summed E-state index contributed by atoms with van der Waals surface area (Å²) in [6, 6.07) is 0. The molecule has 110 valence electrons. The van der Waals surface area contributed by atoms with Gasteiger partial charge in [-0.1, -0.05) is 13.0 Å². The molecule has 1 aliphatic rings. The number of hydrogen-bond donors (Lipinski definition) is 2. The van der Waals surface area contributed by atoms with Crippen LogP contribution in [0.1, 0.15) is 13.8 Å². The van der Waals surface area contributed by atoms with Crippen molar-refractivity contribution in [1.29, 1.82) is 0 Å². The maximum absolute atomic E-state index is 5.36. The molecule has 0 aromatic carbocycles. The summed E-state index contributed by atoms with van der Waals surface area (Å²) in [5.41, 5.74) is 0. The number of ether oxygens (including phenoxy) is 1. The van der Waals surface area contributed by atoms with Crippen LogP contribution in [0.25, 0.3) is 0 Å². The van der Waals surface area contributed by atoms with E-state index in [1.54, 1.807) is 0 Å². The highest BCUT2D eigenvalue weighted by atomic mass is 16.5. The van der Waals surface area contributed by atoms with Crippen LogP contribution in [0.4, 0.5) is 0 Å². The van der Waals surface area contributed by atoms with Gasteiger partial charge in [0.05, 0.1) is 13.2 Å². The van der Waals surface area contributed by atoms with E-state index in [-0.39, 0.29) is 0 Å². The number of guanidine groups is 1. The number of rotatable bonds is 7. The number of morpholine rings is 1. The Morgan fingerprint density at radius 1 is 1.42 bits per heavy atom. The quantitative estimate of drug-likeness (QED) is 0.405. The molecule has 1 atom stereocenters. The van der Waals surface area contributed by atoms with E-state index in [1.807, 2.05) is 6.08 Å². The predicted molar refractivity (Wildman–Crippen MR) is 80.6 cm³/mol. The standard InChI is InChI=1S/C14H28N4O/c1-4-6-16-14(15-5-2)17-11-13(3)12-18-7-9-19-10-8-18/h4,13H,1,5-12H2,2-3H3,(H2,15,16,17). The maximum atomic E-state index is 5.36. The number of hydrogen-bond acceptors (Lipinski definition) is 3. The van der Waals surface area contributed by atoms with Crippen molar-refractivity contribution in [3.63, 3.8) is 0 Å². The van der Waals surface area contributed by atoms with Gasteiger partial charge in [-0.25, -0.2) is 0 Å². The average molecular weight is 268 g/mol. The molecule has 5 nitrogen and oxygen atoms in total. The first-order valence-electron chi connectivity index (χ1n) is 7.19. The molecule has 0 saturated carbocycles. The smallest absolute Gasteiger partial charge is 0.191 e. The van der Waals surface area contributed by atoms with Crippen molar-refractivity contribution in [3.8, 4) is 0 Å². The third kappa shape index (κ3) is 7.18. The number of aliphatic imine (C=N–C) groups is 1. The molecule has 0 spiro atoms. The number of nitrogens with one attached hydrogen (secondary N) is 2. The topological polar surface area (TPSA) is 48.9 Å². The Morgan fingerprint density at radius 3 is 2.79 bits per heavy atom. The molecule has 0 aromatic rings. The van der Waals surface area contributed by atoms with Crippen LogP contribution in [0.3, 0.4) is 0 Å². The van der Waals surface area contributed by atoms with Gasteiger partial charge in [-0.2, -0.15) is 0 Å². The van der Waals surface area contributed by atoms with E-state index in [4.69, 9.17) is 4.74 Å². The molecule has 1 saturated heterocycles. The van der Waals surface area contributed by atoms with Gasteiger partial charge in [0.2, 0.25) is 0 Å². The Hall–Kier alpha value is -1.07. The van der Waals surface area contributed by atoms with Gasteiger partial charge in [0.25, 0.3) is 0 Å².